The normalized spacial score (nSPS) is 38.0. The van der Waals surface area contributed by atoms with Crippen LogP contribution in [-0.2, 0) is 0 Å². The maximum absolute atomic E-state index is 2.66. The summed E-state index contributed by atoms with van der Waals surface area (Å²) in [6.45, 7) is 11.1. The molecule has 2 rings (SSSR count). The summed E-state index contributed by atoms with van der Waals surface area (Å²) < 4.78 is 0. The maximum atomic E-state index is 2.66. The van der Waals surface area contributed by atoms with E-state index in [1.54, 1.807) is 0 Å². The monoisotopic (exact) mass is 209 g/mol. The Labute approximate surface area is 95.2 Å². The minimum atomic E-state index is 0.906. The average Bonchev–Trinajstić information content (AvgIpc) is 2.27. The van der Waals surface area contributed by atoms with E-state index in [1.165, 1.54) is 45.3 Å². The first-order valence-corrected chi connectivity index (χ1v) is 6.93. The van der Waals surface area contributed by atoms with Crippen molar-refractivity contribution in [3.8, 4) is 0 Å². The van der Waals surface area contributed by atoms with E-state index in [4.69, 9.17) is 0 Å². The highest BCUT2D eigenvalue weighted by Gasteiger charge is 2.35. The Morgan fingerprint density at radius 2 is 1.93 bits per heavy atom. The highest BCUT2D eigenvalue weighted by Crippen LogP contribution is 2.41. The van der Waals surface area contributed by atoms with Gasteiger partial charge in [-0.05, 0) is 62.4 Å². The third kappa shape index (κ3) is 2.55. The van der Waals surface area contributed by atoms with E-state index >= 15 is 0 Å². The van der Waals surface area contributed by atoms with Crippen LogP contribution in [-0.4, -0.2) is 24.5 Å². The van der Waals surface area contributed by atoms with Gasteiger partial charge in [0.25, 0.3) is 0 Å². The summed E-state index contributed by atoms with van der Waals surface area (Å²) in [5, 5.41) is 0. The van der Waals surface area contributed by atoms with Crippen molar-refractivity contribution in [2.24, 2.45) is 23.7 Å². The summed E-state index contributed by atoms with van der Waals surface area (Å²) in [7, 11) is 0. The number of hydrogen-bond acceptors (Lipinski definition) is 1. The van der Waals surface area contributed by atoms with Gasteiger partial charge in [-0.15, -0.1) is 0 Å². The van der Waals surface area contributed by atoms with Gasteiger partial charge in [0.1, 0.15) is 0 Å². The minimum Gasteiger partial charge on any atom is -0.303 e. The molecule has 15 heavy (non-hydrogen) atoms. The van der Waals surface area contributed by atoms with E-state index in [-0.39, 0.29) is 0 Å². The van der Waals surface area contributed by atoms with Crippen molar-refractivity contribution in [2.75, 3.05) is 19.6 Å². The van der Waals surface area contributed by atoms with Crippen molar-refractivity contribution in [1.82, 2.24) is 4.90 Å². The third-order valence-electron chi connectivity index (χ3n) is 4.88. The fourth-order valence-electron chi connectivity index (χ4n) is 3.63. The van der Waals surface area contributed by atoms with E-state index in [0.717, 1.165) is 23.7 Å². The summed E-state index contributed by atoms with van der Waals surface area (Å²) >= 11 is 0. The second kappa shape index (κ2) is 4.86. The Balaban J connectivity index is 1.91. The van der Waals surface area contributed by atoms with Crippen molar-refractivity contribution < 1.29 is 0 Å². The molecule has 0 aromatic heterocycles. The SMILES string of the molecule is CCN1CCC2CCC(C(C)C)CC2C1. The first kappa shape index (κ1) is 11.4. The van der Waals surface area contributed by atoms with Gasteiger partial charge in [0, 0.05) is 6.54 Å². The highest BCUT2D eigenvalue weighted by molar-refractivity contribution is 4.86. The fraction of sp³-hybridized carbons (Fsp3) is 1.00. The van der Waals surface area contributed by atoms with Gasteiger partial charge in [-0.3, -0.25) is 0 Å². The number of rotatable bonds is 2. The molecule has 2 fully saturated rings. The molecule has 1 heterocycles. The van der Waals surface area contributed by atoms with E-state index in [0.29, 0.717) is 0 Å². The Kier molecular flexibility index (Phi) is 3.71. The molecular weight excluding hydrogens is 182 g/mol. The molecule has 3 unspecified atom stereocenters. The molecule has 1 saturated carbocycles. The molecule has 2 aliphatic rings. The zero-order valence-electron chi connectivity index (χ0n) is 10.7. The van der Waals surface area contributed by atoms with Crippen LogP contribution in [0.2, 0.25) is 0 Å². The Morgan fingerprint density at radius 1 is 1.13 bits per heavy atom. The van der Waals surface area contributed by atoms with Crippen LogP contribution in [0.1, 0.15) is 46.5 Å². The van der Waals surface area contributed by atoms with Crippen LogP contribution in [0.3, 0.4) is 0 Å². The van der Waals surface area contributed by atoms with Gasteiger partial charge in [-0.2, -0.15) is 0 Å². The molecule has 1 aliphatic carbocycles. The Bertz CT molecular complexity index is 200. The lowest BCUT2D eigenvalue weighted by Crippen LogP contribution is -2.43. The van der Waals surface area contributed by atoms with E-state index in [1.807, 2.05) is 0 Å². The number of fused-ring (bicyclic) bond motifs is 1. The average molecular weight is 209 g/mol. The molecule has 1 heteroatoms. The molecule has 0 N–H and O–H groups in total. The van der Waals surface area contributed by atoms with Crippen LogP contribution in [0, 0.1) is 23.7 Å². The predicted molar refractivity (Wildman–Crippen MR) is 65.9 cm³/mol. The van der Waals surface area contributed by atoms with Crippen molar-refractivity contribution >= 4 is 0 Å². The van der Waals surface area contributed by atoms with Crippen LogP contribution in [0.5, 0.6) is 0 Å². The molecule has 3 atom stereocenters. The molecule has 1 saturated heterocycles. The van der Waals surface area contributed by atoms with Gasteiger partial charge < -0.3 is 4.90 Å². The van der Waals surface area contributed by atoms with Crippen molar-refractivity contribution in [1.29, 1.82) is 0 Å². The lowest BCUT2D eigenvalue weighted by Gasteiger charge is -2.44. The number of hydrogen-bond donors (Lipinski definition) is 0. The number of likely N-dealkylation sites (tertiary alicyclic amines) is 1. The molecule has 1 nitrogen and oxygen atoms in total. The van der Waals surface area contributed by atoms with E-state index < -0.39 is 0 Å². The number of nitrogens with zero attached hydrogens (tertiary/aromatic N) is 1. The smallest absolute Gasteiger partial charge is 0.00123 e. The van der Waals surface area contributed by atoms with Gasteiger partial charge in [0.05, 0.1) is 0 Å². The molecule has 0 aromatic rings. The summed E-state index contributed by atoms with van der Waals surface area (Å²) in [6.07, 6.45) is 6.01. The molecular formula is C14H27N. The topological polar surface area (TPSA) is 3.24 Å². The molecule has 0 spiro atoms. The maximum Gasteiger partial charge on any atom is 0.00123 e. The van der Waals surface area contributed by atoms with Crippen LogP contribution >= 0.6 is 0 Å². The molecule has 88 valence electrons. The second-order valence-corrected chi connectivity index (χ2v) is 6.02. The van der Waals surface area contributed by atoms with Crippen molar-refractivity contribution in [3.63, 3.8) is 0 Å². The van der Waals surface area contributed by atoms with E-state index in [9.17, 15) is 0 Å². The molecule has 0 bridgehead atoms. The molecule has 1 aliphatic heterocycles. The fourth-order valence-corrected chi connectivity index (χ4v) is 3.63. The van der Waals surface area contributed by atoms with Gasteiger partial charge in [-0.25, -0.2) is 0 Å². The van der Waals surface area contributed by atoms with Crippen LogP contribution in [0.15, 0.2) is 0 Å². The largest absolute Gasteiger partial charge is 0.303 e. The van der Waals surface area contributed by atoms with Crippen LogP contribution in [0.25, 0.3) is 0 Å². The van der Waals surface area contributed by atoms with E-state index in [2.05, 4.69) is 25.7 Å². The standard InChI is InChI=1S/C14H27N/c1-4-15-8-7-12-5-6-13(11(2)3)9-14(12)10-15/h11-14H,4-10H2,1-3H3. The first-order chi connectivity index (χ1) is 7.20. The van der Waals surface area contributed by atoms with Crippen molar-refractivity contribution in [2.45, 2.75) is 46.5 Å². The molecule has 0 radical (unpaired) electrons. The second-order valence-electron chi connectivity index (χ2n) is 6.02. The summed E-state index contributed by atoms with van der Waals surface area (Å²) in [5.74, 6) is 4.02. The van der Waals surface area contributed by atoms with Gasteiger partial charge >= 0.3 is 0 Å². The highest BCUT2D eigenvalue weighted by atomic mass is 15.1. The van der Waals surface area contributed by atoms with Gasteiger partial charge in [0.15, 0.2) is 0 Å². The zero-order chi connectivity index (χ0) is 10.8. The predicted octanol–water partition coefficient (Wildman–Crippen LogP) is 3.40. The zero-order valence-corrected chi connectivity index (χ0v) is 10.7. The summed E-state index contributed by atoms with van der Waals surface area (Å²) in [6, 6.07) is 0. The summed E-state index contributed by atoms with van der Waals surface area (Å²) in [5.41, 5.74) is 0. The van der Waals surface area contributed by atoms with Gasteiger partial charge in [-0.1, -0.05) is 20.8 Å². The number of piperidine rings is 1. The first-order valence-electron chi connectivity index (χ1n) is 6.93. The molecule has 0 aromatic carbocycles. The lowest BCUT2D eigenvalue weighted by molar-refractivity contribution is 0.0563. The lowest BCUT2D eigenvalue weighted by atomic mass is 9.68. The van der Waals surface area contributed by atoms with Crippen LogP contribution < -0.4 is 0 Å². The van der Waals surface area contributed by atoms with Gasteiger partial charge in [0.2, 0.25) is 0 Å². The quantitative estimate of drug-likeness (QED) is 0.674. The summed E-state index contributed by atoms with van der Waals surface area (Å²) in [4.78, 5) is 2.66. The Morgan fingerprint density at radius 3 is 2.60 bits per heavy atom. The third-order valence-corrected chi connectivity index (χ3v) is 4.88. The minimum absolute atomic E-state index is 0.906. The van der Waals surface area contributed by atoms with Crippen LogP contribution in [0.4, 0.5) is 0 Å². The van der Waals surface area contributed by atoms with Crippen molar-refractivity contribution in [3.05, 3.63) is 0 Å². The Hall–Kier alpha value is -0.0400. The molecule has 0 amide bonds.